The smallest absolute Gasteiger partial charge is 0.173 e. The van der Waals surface area contributed by atoms with Crippen molar-refractivity contribution < 1.29 is 8.78 Å². The largest absolute Gasteiger partial charge is 0.274 e. The highest BCUT2D eigenvalue weighted by Gasteiger charge is 2.09. The zero-order chi connectivity index (χ0) is 14.4. The summed E-state index contributed by atoms with van der Waals surface area (Å²) in [5, 5.41) is 0. The standard InChI is InChI=1S/C18H16F2/c1-14(12-15-8-4-2-5-9-15)13-17(18(19)20)16-10-6-3-7-11-16/h2-12H,13H2,1H3/b14-12+. The van der Waals surface area contributed by atoms with Gasteiger partial charge in [0.25, 0.3) is 6.08 Å². The van der Waals surface area contributed by atoms with Crippen molar-refractivity contribution in [1.82, 2.24) is 0 Å². The summed E-state index contributed by atoms with van der Waals surface area (Å²) < 4.78 is 26.3. The first-order valence-corrected chi connectivity index (χ1v) is 6.48. The second-order valence-electron chi connectivity index (χ2n) is 4.68. The van der Waals surface area contributed by atoms with Crippen molar-refractivity contribution in [3.63, 3.8) is 0 Å². The highest BCUT2D eigenvalue weighted by molar-refractivity contribution is 5.70. The second kappa shape index (κ2) is 6.80. The minimum atomic E-state index is -1.61. The van der Waals surface area contributed by atoms with Gasteiger partial charge in [-0.15, -0.1) is 0 Å². The van der Waals surface area contributed by atoms with Crippen molar-refractivity contribution >= 4 is 11.6 Å². The first-order valence-electron chi connectivity index (χ1n) is 6.48. The minimum Gasteiger partial charge on any atom is -0.173 e. The molecule has 2 aromatic carbocycles. The molecule has 102 valence electrons. The lowest BCUT2D eigenvalue weighted by atomic mass is 9.98. The van der Waals surface area contributed by atoms with Gasteiger partial charge in [-0.2, -0.15) is 8.78 Å². The Kier molecular flexibility index (Phi) is 4.83. The van der Waals surface area contributed by atoms with Crippen molar-refractivity contribution in [2.24, 2.45) is 0 Å². The molecule has 0 amide bonds. The lowest BCUT2D eigenvalue weighted by Gasteiger charge is -2.07. The summed E-state index contributed by atoms with van der Waals surface area (Å²) in [6.07, 6.45) is 0.574. The Morgan fingerprint density at radius 1 is 0.900 bits per heavy atom. The molecule has 20 heavy (non-hydrogen) atoms. The Morgan fingerprint density at radius 2 is 1.45 bits per heavy atom. The summed E-state index contributed by atoms with van der Waals surface area (Å²) >= 11 is 0. The first kappa shape index (κ1) is 14.2. The Balaban J connectivity index is 2.23. The summed E-state index contributed by atoms with van der Waals surface area (Å²) in [5.41, 5.74) is 2.60. The van der Waals surface area contributed by atoms with E-state index in [-0.39, 0.29) is 12.0 Å². The van der Waals surface area contributed by atoms with Gasteiger partial charge < -0.3 is 0 Å². The van der Waals surface area contributed by atoms with Gasteiger partial charge in [0, 0.05) is 5.57 Å². The molecule has 0 unspecified atom stereocenters. The molecule has 0 spiro atoms. The number of halogens is 2. The van der Waals surface area contributed by atoms with Gasteiger partial charge in [-0.25, -0.2) is 0 Å². The van der Waals surface area contributed by atoms with Gasteiger partial charge in [0.2, 0.25) is 0 Å². The Morgan fingerprint density at radius 3 is 2.00 bits per heavy atom. The highest BCUT2D eigenvalue weighted by atomic mass is 19.3. The molecule has 2 aromatic rings. The van der Waals surface area contributed by atoms with Crippen LogP contribution in [0.3, 0.4) is 0 Å². The van der Waals surface area contributed by atoms with Crippen molar-refractivity contribution in [2.75, 3.05) is 0 Å². The molecule has 0 saturated carbocycles. The van der Waals surface area contributed by atoms with Gasteiger partial charge in [0.15, 0.2) is 0 Å². The van der Waals surface area contributed by atoms with Crippen molar-refractivity contribution in [2.45, 2.75) is 13.3 Å². The van der Waals surface area contributed by atoms with Gasteiger partial charge in [0.1, 0.15) is 0 Å². The molecule has 0 heterocycles. The molecular weight excluding hydrogens is 254 g/mol. The third-order valence-electron chi connectivity index (χ3n) is 3.02. The molecule has 2 rings (SSSR count). The summed E-state index contributed by atoms with van der Waals surface area (Å²) in [4.78, 5) is 0. The molecule has 0 bridgehead atoms. The number of rotatable bonds is 4. The first-order chi connectivity index (χ1) is 9.66. The van der Waals surface area contributed by atoms with Crippen LogP contribution in [-0.4, -0.2) is 0 Å². The summed E-state index contributed by atoms with van der Waals surface area (Å²) in [5.74, 6) is 0. The fourth-order valence-electron chi connectivity index (χ4n) is 2.08. The van der Waals surface area contributed by atoms with E-state index in [0.717, 1.165) is 11.1 Å². The molecule has 0 aliphatic carbocycles. The molecule has 0 aliphatic heterocycles. The fraction of sp³-hybridized carbons (Fsp3) is 0.111. The second-order valence-corrected chi connectivity index (χ2v) is 4.68. The number of benzene rings is 2. The van der Waals surface area contributed by atoms with Crippen LogP contribution in [0, 0.1) is 0 Å². The number of hydrogen-bond donors (Lipinski definition) is 0. The van der Waals surface area contributed by atoms with Gasteiger partial charge in [-0.3, -0.25) is 0 Å². The van der Waals surface area contributed by atoms with Crippen LogP contribution in [0.4, 0.5) is 8.78 Å². The molecule has 0 nitrogen and oxygen atoms in total. The summed E-state index contributed by atoms with van der Waals surface area (Å²) in [7, 11) is 0. The maximum absolute atomic E-state index is 13.1. The SMILES string of the molecule is C/C(=C\c1ccccc1)CC(=C(F)F)c1ccccc1. The topological polar surface area (TPSA) is 0 Å². The predicted octanol–water partition coefficient (Wildman–Crippen LogP) is 5.79. The van der Waals surface area contributed by atoms with Gasteiger partial charge in [-0.05, 0) is 24.5 Å². The number of allylic oxidation sites excluding steroid dienone is 2. The van der Waals surface area contributed by atoms with E-state index >= 15 is 0 Å². The molecule has 0 aliphatic rings. The molecule has 0 aromatic heterocycles. The van der Waals surface area contributed by atoms with Gasteiger partial charge in [-0.1, -0.05) is 72.3 Å². The van der Waals surface area contributed by atoms with Crippen LogP contribution < -0.4 is 0 Å². The Labute approximate surface area is 118 Å². The Hall–Kier alpha value is -2.22. The minimum absolute atomic E-state index is 0.0929. The normalized spacial score (nSPS) is 11.2. The van der Waals surface area contributed by atoms with E-state index in [1.165, 1.54) is 0 Å². The van der Waals surface area contributed by atoms with Gasteiger partial charge in [0.05, 0.1) is 0 Å². The lowest BCUT2D eigenvalue weighted by molar-refractivity contribution is 0.424. The average molecular weight is 270 g/mol. The van der Waals surface area contributed by atoms with Crippen LogP contribution in [0.15, 0.2) is 72.3 Å². The van der Waals surface area contributed by atoms with E-state index in [2.05, 4.69) is 0 Å². The fourth-order valence-corrected chi connectivity index (χ4v) is 2.08. The van der Waals surface area contributed by atoms with E-state index < -0.39 is 6.08 Å². The van der Waals surface area contributed by atoms with E-state index in [4.69, 9.17) is 0 Å². The van der Waals surface area contributed by atoms with Crippen LogP contribution in [-0.2, 0) is 0 Å². The van der Waals surface area contributed by atoms with Crippen LogP contribution >= 0.6 is 0 Å². The maximum Gasteiger partial charge on any atom is 0.274 e. The zero-order valence-corrected chi connectivity index (χ0v) is 11.3. The monoisotopic (exact) mass is 270 g/mol. The maximum atomic E-state index is 13.1. The molecule has 2 heteroatoms. The van der Waals surface area contributed by atoms with Crippen molar-refractivity contribution in [3.8, 4) is 0 Å². The molecular formula is C18H16F2. The Bertz CT molecular complexity index is 606. The van der Waals surface area contributed by atoms with E-state index in [9.17, 15) is 8.78 Å². The predicted molar refractivity (Wildman–Crippen MR) is 80.3 cm³/mol. The lowest BCUT2D eigenvalue weighted by Crippen LogP contribution is -1.88. The molecule has 0 N–H and O–H groups in total. The highest BCUT2D eigenvalue weighted by Crippen LogP contribution is 2.28. The van der Waals surface area contributed by atoms with Crippen LogP contribution in [0.5, 0.6) is 0 Å². The van der Waals surface area contributed by atoms with Crippen molar-refractivity contribution in [3.05, 3.63) is 83.4 Å². The molecule has 0 saturated heterocycles. The zero-order valence-electron chi connectivity index (χ0n) is 11.3. The molecule has 0 radical (unpaired) electrons. The van der Waals surface area contributed by atoms with Crippen molar-refractivity contribution in [1.29, 1.82) is 0 Å². The third kappa shape index (κ3) is 3.89. The van der Waals surface area contributed by atoms with Gasteiger partial charge >= 0.3 is 0 Å². The quantitative estimate of drug-likeness (QED) is 0.659. The third-order valence-corrected chi connectivity index (χ3v) is 3.02. The number of hydrogen-bond acceptors (Lipinski definition) is 0. The van der Waals surface area contributed by atoms with E-state index in [1.807, 2.05) is 49.4 Å². The molecule has 0 atom stereocenters. The van der Waals surface area contributed by atoms with E-state index in [0.29, 0.717) is 5.56 Å². The average Bonchev–Trinajstić information content (AvgIpc) is 2.46. The molecule has 0 fully saturated rings. The van der Waals surface area contributed by atoms with Crippen LogP contribution in [0.1, 0.15) is 24.5 Å². The van der Waals surface area contributed by atoms with E-state index in [1.54, 1.807) is 24.3 Å². The van der Waals surface area contributed by atoms with Crippen LogP contribution in [0.2, 0.25) is 0 Å². The summed E-state index contributed by atoms with van der Waals surface area (Å²) in [6.45, 7) is 1.87. The van der Waals surface area contributed by atoms with Crippen LogP contribution in [0.25, 0.3) is 11.6 Å². The summed E-state index contributed by atoms with van der Waals surface area (Å²) in [6, 6.07) is 18.5.